The van der Waals surface area contributed by atoms with Gasteiger partial charge in [0.05, 0.1) is 0 Å². The maximum Gasteiger partial charge on any atom is 0.255 e. The van der Waals surface area contributed by atoms with Crippen LogP contribution in [-0.2, 0) is 5.75 Å². The van der Waals surface area contributed by atoms with E-state index in [2.05, 4.69) is 33.1 Å². The van der Waals surface area contributed by atoms with Crippen LogP contribution < -0.4 is 15.1 Å². The smallest absolute Gasteiger partial charge is 0.255 e. The van der Waals surface area contributed by atoms with Gasteiger partial charge in [0.2, 0.25) is 0 Å². The summed E-state index contributed by atoms with van der Waals surface area (Å²) in [5.74, 6) is 1.37. The quantitative estimate of drug-likeness (QED) is 0.141. The molecule has 0 bridgehead atoms. The number of carbonyl (C=O) groups excluding carboxylic acids is 1. The van der Waals surface area contributed by atoms with Crippen molar-refractivity contribution >= 4 is 58.1 Å². The fourth-order valence-corrected chi connectivity index (χ4v) is 5.62. The first-order valence-corrected chi connectivity index (χ1v) is 14.5. The van der Waals surface area contributed by atoms with Gasteiger partial charge in [-0.15, -0.1) is 0 Å². The Morgan fingerprint density at radius 1 is 0.872 bits per heavy atom. The first-order chi connectivity index (χ1) is 18.8. The third-order valence-corrected chi connectivity index (χ3v) is 8.13. The summed E-state index contributed by atoms with van der Waals surface area (Å²) in [4.78, 5) is 26.4. The predicted molar refractivity (Wildman–Crippen MR) is 163 cm³/mol. The molecule has 1 N–H and O–H groups in total. The molecule has 0 aliphatic carbocycles. The van der Waals surface area contributed by atoms with Gasteiger partial charge in [0.15, 0.2) is 5.16 Å². The maximum absolute atomic E-state index is 12.7. The highest BCUT2D eigenvalue weighted by Crippen LogP contribution is 2.27. The highest BCUT2D eigenvalue weighted by atomic mass is 35.5. The number of rotatable bonds is 7. The fraction of sp³-hybridized carbons (Fsp3) is 0.233. The fourth-order valence-electron chi connectivity index (χ4n) is 4.40. The van der Waals surface area contributed by atoms with Crippen LogP contribution >= 0.6 is 35.0 Å². The molecule has 2 heterocycles. The molecular formula is C30H29Cl2N5OS. The minimum absolute atomic E-state index is 0.129. The number of amides is 1. The molecule has 1 amide bonds. The van der Waals surface area contributed by atoms with Crippen LogP contribution in [0.4, 0.5) is 17.2 Å². The lowest BCUT2D eigenvalue weighted by Gasteiger charge is -2.36. The van der Waals surface area contributed by atoms with Gasteiger partial charge >= 0.3 is 0 Å². The lowest BCUT2D eigenvalue weighted by molar-refractivity contribution is 0.102. The van der Waals surface area contributed by atoms with Gasteiger partial charge in [0.25, 0.3) is 5.91 Å². The molecule has 5 rings (SSSR count). The topological polar surface area (TPSA) is 61.4 Å². The van der Waals surface area contributed by atoms with E-state index < -0.39 is 0 Å². The van der Waals surface area contributed by atoms with Gasteiger partial charge in [-0.1, -0.05) is 59.2 Å². The Balaban J connectivity index is 1.17. The molecule has 39 heavy (non-hydrogen) atoms. The number of piperazine rings is 1. The molecule has 200 valence electrons. The zero-order chi connectivity index (χ0) is 27.4. The van der Waals surface area contributed by atoms with Crippen LogP contribution in [0.2, 0.25) is 10.2 Å². The van der Waals surface area contributed by atoms with Crippen molar-refractivity contribution in [1.29, 1.82) is 0 Å². The van der Waals surface area contributed by atoms with Crippen molar-refractivity contribution in [3.8, 4) is 0 Å². The SMILES string of the molecule is Cc1ccc(NC(=O)c2ccc(CSc3nc(Cl)cc(N4CCN(c5cccc(Cl)c5)CC4)n3)cc2)cc1C. The van der Waals surface area contributed by atoms with Gasteiger partial charge in [-0.05, 0) is 73.0 Å². The minimum atomic E-state index is -0.129. The highest BCUT2D eigenvalue weighted by molar-refractivity contribution is 7.98. The van der Waals surface area contributed by atoms with E-state index in [1.54, 1.807) is 0 Å². The standard InChI is InChI=1S/C30H29Cl2N5OS/c1-20-6-11-25(16-21(20)2)33-29(38)23-9-7-22(8-10-23)19-39-30-34-27(32)18-28(35-30)37-14-12-36(13-15-37)26-5-3-4-24(31)17-26/h3-11,16-18H,12-15,19H2,1-2H3,(H,33,38). The number of aromatic nitrogens is 2. The van der Waals surface area contributed by atoms with E-state index in [0.717, 1.165) is 59.5 Å². The molecule has 3 aromatic carbocycles. The summed E-state index contributed by atoms with van der Waals surface area (Å²) in [6.45, 7) is 7.48. The summed E-state index contributed by atoms with van der Waals surface area (Å²) in [6, 6.07) is 23.3. The zero-order valence-electron chi connectivity index (χ0n) is 21.8. The van der Waals surface area contributed by atoms with Gasteiger partial charge < -0.3 is 15.1 Å². The zero-order valence-corrected chi connectivity index (χ0v) is 24.2. The van der Waals surface area contributed by atoms with Crippen LogP contribution in [0, 0.1) is 13.8 Å². The predicted octanol–water partition coefficient (Wildman–Crippen LogP) is 7.27. The maximum atomic E-state index is 12.7. The Kier molecular flexibility index (Phi) is 8.60. The summed E-state index contributed by atoms with van der Waals surface area (Å²) >= 11 is 14.1. The van der Waals surface area contributed by atoms with E-state index in [0.29, 0.717) is 21.6 Å². The molecule has 0 radical (unpaired) electrons. The van der Waals surface area contributed by atoms with Gasteiger partial charge in [-0.25, -0.2) is 9.97 Å². The molecule has 4 aromatic rings. The number of aryl methyl sites for hydroxylation is 2. The van der Waals surface area contributed by atoms with E-state index >= 15 is 0 Å². The van der Waals surface area contributed by atoms with E-state index in [1.165, 1.54) is 17.3 Å². The number of hydrogen-bond acceptors (Lipinski definition) is 6. The van der Waals surface area contributed by atoms with E-state index in [1.807, 2.05) is 73.7 Å². The second kappa shape index (κ2) is 12.3. The Bertz CT molecular complexity index is 1470. The second-order valence-corrected chi connectivity index (χ2v) is 11.3. The van der Waals surface area contributed by atoms with Gasteiger partial charge in [0, 0.05) is 60.0 Å². The van der Waals surface area contributed by atoms with E-state index in [4.69, 9.17) is 28.2 Å². The van der Waals surface area contributed by atoms with Crippen LogP contribution in [0.25, 0.3) is 0 Å². The van der Waals surface area contributed by atoms with Crippen molar-refractivity contribution in [2.45, 2.75) is 24.8 Å². The molecule has 1 aromatic heterocycles. The van der Waals surface area contributed by atoms with Gasteiger partial charge in [-0.3, -0.25) is 4.79 Å². The summed E-state index contributed by atoms with van der Waals surface area (Å²) in [5.41, 5.74) is 5.95. The van der Waals surface area contributed by atoms with E-state index in [9.17, 15) is 4.79 Å². The van der Waals surface area contributed by atoms with Crippen LogP contribution in [0.5, 0.6) is 0 Å². The molecule has 9 heteroatoms. The number of benzene rings is 3. The lowest BCUT2D eigenvalue weighted by atomic mass is 10.1. The monoisotopic (exact) mass is 577 g/mol. The molecule has 0 atom stereocenters. The van der Waals surface area contributed by atoms with Crippen LogP contribution in [-0.4, -0.2) is 42.1 Å². The number of thioether (sulfide) groups is 1. The average molecular weight is 579 g/mol. The Labute approximate surface area is 243 Å². The van der Waals surface area contributed by atoms with Crippen molar-refractivity contribution in [2.75, 3.05) is 41.3 Å². The first kappa shape index (κ1) is 27.3. The summed E-state index contributed by atoms with van der Waals surface area (Å²) in [5, 5.41) is 4.77. The van der Waals surface area contributed by atoms with Gasteiger partial charge in [-0.2, -0.15) is 0 Å². The highest BCUT2D eigenvalue weighted by Gasteiger charge is 2.20. The number of nitrogens with zero attached hydrogens (tertiary/aromatic N) is 4. The molecule has 0 saturated carbocycles. The molecule has 0 unspecified atom stereocenters. The summed E-state index contributed by atoms with van der Waals surface area (Å²) in [6.07, 6.45) is 0. The van der Waals surface area contributed by atoms with Crippen molar-refractivity contribution in [3.63, 3.8) is 0 Å². The normalized spacial score (nSPS) is 13.4. The molecule has 0 spiro atoms. The number of nitrogens with one attached hydrogen (secondary N) is 1. The number of anilines is 3. The Morgan fingerprint density at radius 2 is 1.62 bits per heavy atom. The average Bonchev–Trinajstić information content (AvgIpc) is 2.94. The van der Waals surface area contributed by atoms with E-state index in [-0.39, 0.29) is 5.91 Å². The Hall–Kier alpha value is -3.26. The largest absolute Gasteiger partial charge is 0.368 e. The lowest BCUT2D eigenvalue weighted by Crippen LogP contribution is -2.46. The molecule has 6 nitrogen and oxygen atoms in total. The molecular weight excluding hydrogens is 549 g/mol. The second-order valence-electron chi connectivity index (χ2n) is 9.52. The number of carbonyl (C=O) groups is 1. The van der Waals surface area contributed by atoms with Crippen molar-refractivity contribution < 1.29 is 4.79 Å². The third kappa shape index (κ3) is 7.04. The molecule has 1 aliphatic heterocycles. The molecule has 1 saturated heterocycles. The number of halogens is 2. The minimum Gasteiger partial charge on any atom is -0.368 e. The van der Waals surface area contributed by atoms with Crippen molar-refractivity contribution in [3.05, 3.63) is 105 Å². The van der Waals surface area contributed by atoms with Gasteiger partial charge in [0.1, 0.15) is 11.0 Å². The first-order valence-electron chi connectivity index (χ1n) is 12.7. The molecule has 1 fully saturated rings. The van der Waals surface area contributed by atoms with Crippen molar-refractivity contribution in [1.82, 2.24) is 9.97 Å². The summed E-state index contributed by atoms with van der Waals surface area (Å²) in [7, 11) is 0. The third-order valence-electron chi connectivity index (χ3n) is 6.79. The van der Waals surface area contributed by atoms with Crippen molar-refractivity contribution in [2.24, 2.45) is 0 Å². The number of hydrogen-bond donors (Lipinski definition) is 1. The summed E-state index contributed by atoms with van der Waals surface area (Å²) < 4.78 is 0. The van der Waals surface area contributed by atoms with Crippen LogP contribution in [0.1, 0.15) is 27.0 Å². The molecule has 1 aliphatic rings. The van der Waals surface area contributed by atoms with Crippen LogP contribution in [0.15, 0.2) is 78.0 Å². The van der Waals surface area contributed by atoms with Crippen LogP contribution in [0.3, 0.4) is 0 Å². The Morgan fingerprint density at radius 3 is 2.33 bits per heavy atom.